The highest BCUT2D eigenvalue weighted by molar-refractivity contribution is 5.71. The number of halogens is 3. The maximum absolute atomic E-state index is 12.5. The summed E-state index contributed by atoms with van der Waals surface area (Å²) in [7, 11) is 0. The summed E-state index contributed by atoms with van der Waals surface area (Å²) in [5, 5.41) is 0. The number of ether oxygens (including phenoxy) is 1. The smallest absolute Gasteiger partial charge is 0.393 e. The molecule has 0 radical (unpaired) electrons. The summed E-state index contributed by atoms with van der Waals surface area (Å²) < 4.78 is 42.5. The van der Waals surface area contributed by atoms with Crippen LogP contribution in [-0.2, 0) is 9.53 Å². The standard InChI is InChI=1S/C11H18F3NO2/c1-8(2)17-10(16)7-15-5-3-4-9(6-15)11(12,13)14/h8-9H,3-7H2,1-2H3. The van der Waals surface area contributed by atoms with Crippen LogP contribution < -0.4 is 0 Å². The second-order valence-electron chi connectivity index (χ2n) is 4.65. The van der Waals surface area contributed by atoms with Crippen molar-refractivity contribution < 1.29 is 22.7 Å². The molecule has 1 heterocycles. The lowest BCUT2D eigenvalue weighted by Crippen LogP contribution is -2.44. The first-order valence-corrected chi connectivity index (χ1v) is 5.77. The molecule has 0 aromatic rings. The lowest BCUT2D eigenvalue weighted by molar-refractivity contribution is -0.188. The molecule has 1 aliphatic rings. The number of piperidine rings is 1. The molecule has 0 aliphatic carbocycles. The van der Waals surface area contributed by atoms with E-state index < -0.39 is 18.1 Å². The molecule has 17 heavy (non-hydrogen) atoms. The Morgan fingerprint density at radius 2 is 2.12 bits per heavy atom. The van der Waals surface area contributed by atoms with Crippen LogP contribution in [0.2, 0.25) is 0 Å². The zero-order valence-electron chi connectivity index (χ0n) is 10.1. The van der Waals surface area contributed by atoms with Crippen LogP contribution >= 0.6 is 0 Å². The minimum absolute atomic E-state index is 0.0508. The molecule has 0 spiro atoms. The second kappa shape index (κ2) is 5.71. The van der Waals surface area contributed by atoms with E-state index in [0.717, 1.165) is 0 Å². The molecule has 1 aliphatic heterocycles. The number of rotatable bonds is 3. The average Bonchev–Trinajstić information content (AvgIpc) is 2.15. The number of likely N-dealkylation sites (tertiary alicyclic amines) is 1. The molecule has 1 unspecified atom stereocenters. The van der Waals surface area contributed by atoms with Crippen molar-refractivity contribution in [3.63, 3.8) is 0 Å². The van der Waals surface area contributed by atoms with Gasteiger partial charge in [-0.15, -0.1) is 0 Å². The van der Waals surface area contributed by atoms with Gasteiger partial charge in [0.15, 0.2) is 0 Å². The highest BCUT2D eigenvalue weighted by Crippen LogP contribution is 2.32. The number of carbonyl (C=O) groups excluding carboxylic acids is 1. The largest absolute Gasteiger partial charge is 0.462 e. The summed E-state index contributed by atoms with van der Waals surface area (Å²) >= 11 is 0. The van der Waals surface area contributed by atoms with Crippen LogP contribution in [0.3, 0.4) is 0 Å². The van der Waals surface area contributed by atoms with E-state index in [2.05, 4.69) is 0 Å². The molecule has 1 saturated heterocycles. The molecule has 1 fully saturated rings. The maximum Gasteiger partial charge on any atom is 0.393 e. The predicted octanol–water partition coefficient (Wildman–Crippen LogP) is 2.21. The van der Waals surface area contributed by atoms with E-state index in [1.54, 1.807) is 13.8 Å². The van der Waals surface area contributed by atoms with Gasteiger partial charge in [-0.2, -0.15) is 13.2 Å². The fraction of sp³-hybridized carbons (Fsp3) is 0.909. The number of hydrogen-bond acceptors (Lipinski definition) is 3. The Labute approximate surface area is 98.9 Å². The molecular formula is C11H18F3NO2. The topological polar surface area (TPSA) is 29.5 Å². The van der Waals surface area contributed by atoms with E-state index in [9.17, 15) is 18.0 Å². The minimum atomic E-state index is -4.17. The van der Waals surface area contributed by atoms with Gasteiger partial charge in [0.25, 0.3) is 0 Å². The van der Waals surface area contributed by atoms with Gasteiger partial charge < -0.3 is 4.74 Å². The first-order valence-electron chi connectivity index (χ1n) is 5.77. The molecule has 0 aromatic carbocycles. The van der Waals surface area contributed by atoms with Crippen LogP contribution in [0.15, 0.2) is 0 Å². The Hall–Kier alpha value is -0.780. The highest BCUT2D eigenvalue weighted by Gasteiger charge is 2.41. The molecule has 0 aromatic heterocycles. The summed E-state index contributed by atoms with van der Waals surface area (Å²) in [5.74, 6) is -1.77. The monoisotopic (exact) mass is 253 g/mol. The van der Waals surface area contributed by atoms with Crippen molar-refractivity contribution in [3.05, 3.63) is 0 Å². The minimum Gasteiger partial charge on any atom is -0.462 e. The normalized spacial score (nSPS) is 22.8. The molecule has 100 valence electrons. The van der Waals surface area contributed by atoms with Gasteiger partial charge in [-0.1, -0.05) is 0 Å². The zero-order valence-corrected chi connectivity index (χ0v) is 10.1. The molecule has 6 heteroatoms. The van der Waals surface area contributed by atoms with Gasteiger partial charge in [0, 0.05) is 6.54 Å². The van der Waals surface area contributed by atoms with E-state index in [1.807, 2.05) is 0 Å². The van der Waals surface area contributed by atoms with Gasteiger partial charge in [-0.25, -0.2) is 0 Å². The third-order valence-corrected chi connectivity index (χ3v) is 2.69. The van der Waals surface area contributed by atoms with Gasteiger partial charge in [-0.05, 0) is 33.2 Å². The van der Waals surface area contributed by atoms with Crippen LogP contribution in [-0.4, -0.2) is 42.8 Å². The Bertz CT molecular complexity index is 266. The fourth-order valence-corrected chi connectivity index (χ4v) is 1.95. The molecular weight excluding hydrogens is 235 g/mol. The predicted molar refractivity (Wildman–Crippen MR) is 56.4 cm³/mol. The number of carbonyl (C=O) groups is 1. The first kappa shape index (κ1) is 14.3. The van der Waals surface area contributed by atoms with E-state index in [4.69, 9.17) is 4.74 Å². The van der Waals surface area contributed by atoms with Crippen molar-refractivity contribution in [2.45, 2.75) is 39.0 Å². The molecule has 1 rings (SSSR count). The maximum atomic E-state index is 12.5. The quantitative estimate of drug-likeness (QED) is 0.722. The number of nitrogens with zero attached hydrogens (tertiary/aromatic N) is 1. The summed E-state index contributed by atoms with van der Waals surface area (Å²) in [6.07, 6.45) is -3.77. The SMILES string of the molecule is CC(C)OC(=O)CN1CCCC(C(F)(F)F)C1. The lowest BCUT2D eigenvalue weighted by atomic mass is 9.97. The van der Waals surface area contributed by atoms with E-state index in [1.165, 1.54) is 4.90 Å². The summed E-state index contributed by atoms with van der Waals surface area (Å²) in [6, 6.07) is 0. The van der Waals surface area contributed by atoms with E-state index >= 15 is 0 Å². The molecule has 1 atom stereocenters. The molecule has 0 saturated carbocycles. The molecule has 0 bridgehead atoms. The van der Waals surface area contributed by atoms with Gasteiger partial charge in [-0.3, -0.25) is 9.69 Å². The van der Waals surface area contributed by atoms with E-state index in [-0.39, 0.29) is 25.6 Å². The Morgan fingerprint density at radius 1 is 1.47 bits per heavy atom. The third kappa shape index (κ3) is 4.93. The Kier molecular flexibility index (Phi) is 4.80. The number of esters is 1. The van der Waals surface area contributed by atoms with Crippen LogP contribution in [0.5, 0.6) is 0 Å². The van der Waals surface area contributed by atoms with Gasteiger partial charge in [0.2, 0.25) is 0 Å². The average molecular weight is 253 g/mol. The summed E-state index contributed by atoms with van der Waals surface area (Å²) in [6.45, 7) is 3.81. The summed E-state index contributed by atoms with van der Waals surface area (Å²) in [4.78, 5) is 12.9. The van der Waals surface area contributed by atoms with Crippen LogP contribution in [0.1, 0.15) is 26.7 Å². The van der Waals surface area contributed by atoms with Crippen LogP contribution in [0.4, 0.5) is 13.2 Å². The van der Waals surface area contributed by atoms with Gasteiger partial charge in [0.05, 0.1) is 18.6 Å². The number of hydrogen-bond donors (Lipinski definition) is 0. The van der Waals surface area contributed by atoms with Crippen molar-refractivity contribution >= 4 is 5.97 Å². The Morgan fingerprint density at radius 3 is 2.65 bits per heavy atom. The first-order chi connectivity index (χ1) is 7.79. The van der Waals surface area contributed by atoms with Crippen molar-refractivity contribution in [1.29, 1.82) is 0 Å². The fourth-order valence-electron chi connectivity index (χ4n) is 1.95. The van der Waals surface area contributed by atoms with Crippen molar-refractivity contribution in [3.8, 4) is 0 Å². The van der Waals surface area contributed by atoms with Crippen molar-refractivity contribution in [2.24, 2.45) is 5.92 Å². The Balaban J connectivity index is 2.42. The summed E-state index contributed by atoms with van der Waals surface area (Å²) in [5.41, 5.74) is 0. The molecule has 3 nitrogen and oxygen atoms in total. The van der Waals surface area contributed by atoms with E-state index in [0.29, 0.717) is 13.0 Å². The van der Waals surface area contributed by atoms with Crippen molar-refractivity contribution in [2.75, 3.05) is 19.6 Å². The third-order valence-electron chi connectivity index (χ3n) is 2.69. The van der Waals surface area contributed by atoms with Crippen LogP contribution in [0.25, 0.3) is 0 Å². The molecule has 0 amide bonds. The van der Waals surface area contributed by atoms with Gasteiger partial charge >= 0.3 is 12.1 Å². The number of alkyl halides is 3. The second-order valence-corrected chi connectivity index (χ2v) is 4.65. The molecule has 0 N–H and O–H groups in total. The van der Waals surface area contributed by atoms with Crippen LogP contribution in [0, 0.1) is 5.92 Å². The highest BCUT2D eigenvalue weighted by atomic mass is 19.4. The zero-order chi connectivity index (χ0) is 13.1. The van der Waals surface area contributed by atoms with Gasteiger partial charge in [0.1, 0.15) is 0 Å². The lowest BCUT2D eigenvalue weighted by Gasteiger charge is -2.33. The van der Waals surface area contributed by atoms with Crippen molar-refractivity contribution in [1.82, 2.24) is 4.90 Å².